The van der Waals surface area contributed by atoms with E-state index in [2.05, 4.69) is 29.8 Å². The molecule has 3 nitrogen and oxygen atoms in total. The quantitative estimate of drug-likeness (QED) is 0.341. The third-order valence-corrected chi connectivity index (χ3v) is 7.41. The Hall–Kier alpha value is -1.61. The Morgan fingerprint density at radius 3 is 2.58 bits per heavy atom. The smallest absolute Gasteiger partial charge is 0.116 e. The van der Waals surface area contributed by atoms with Crippen LogP contribution in [0.3, 0.4) is 0 Å². The molecule has 0 aliphatic carbocycles. The summed E-state index contributed by atoms with van der Waals surface area (Å²) in [6.45, 7) is 8.59. The summed E-state index contributed by atoms with van der Waals surface area (Å²) < 4.78 is 0. The molecule has 0 spiro atoms. The zero-order valence-corrected chi connectivity index (χ0v) is 20.0. The number of phenolic OH excluding ortho intramolecular Hbond substituents is 1. The molecule has 0 unspecified atom stereocenters. The first-order chi connectivity index (χ1) is 15.2. The van der Waals surface area contributed by atoms with E-state index < -0.39 is 0 Å². The largest absolute Gasteiger partial charge is 0.508 e. The molecule has 2 aromatic rings. The lowest BCUT2D eigenvalue weighted by atomic mass is 9.80. The number of benzene rings is 1. The van der Waals surface area contributed by atoms with Gasteiger partial charge in [-0.1, -0.05) is 58.8 Å². The standard InChI is InChI=1S/C28H44N2O/c1-3-5-6-7-8-9-10-19-30-20-17-24(23(4-2)22-30)12-11-13-25-16-18-29-28-15-14-26(31)21-27(25)28/h14-16,18,21,23-24,31H,3-13,17,19-20,22H2,1-2H3/t23-,24+/m0/s1. The highest BCUT2D eigenvalue weighted by Crippen LogP contribution is 2.31. The monoisotopic (exact) mass is 424 g/mol. The van der Waals surface area contributed by atoms with Gasteiger partial charge in [0.15, 0.2) is 0 Å². The summed E-state index contributed by atoms with van der Waals surface area (Å²) in [5, 5.41) is 11.0. The molecule has 0 radical (unpaired) electrons. The summed E-state index contributed by atoms with van der Waals surface area (Å²) in [6.07, 6.45) is 18.1. The number of fused-ring (bicyclic) bond motifs is 1. The minimum absolute atomic E-state index is 0.334. The fourth-order valence-corrected chi connectivity index (χ4v) is 5.46. The Bertz CT molecular complexity index is 775. The normalized spacial score (nSPS) is 19.8. The lowest BCUT2D eigenvalue weighted by Gasteiger charge is -2.38. The van der Waals surface area contributed by atoms with Gasteiger partial charge >= 0.3 is 0 Å². The fraction of sp³-hybridized carbons (Fsp3) is 0.679. The number of nitrogens with zero attached hydrogens (tertiary/aromatic N) is 2. The van der Waals surface area contributed by atoms with Gasteiger partial charge in [0, 0.05) is 18.1 Å². The topological polar surface area (TPSA) is 36.4 Å². The van der Waals surface area contributed by atoms with Crippen LogP contribution in [-0.4, -0.2) is 34.6 Å². The average molecular weight is 425 g/mol. The van der Waals surface area contributed by atoms with Gasteiger partial charge in [-0.2, -0.15) is 0 Å². The highest BCUT2D eigenvalue weighted by atomic mass is 16.3. The number of piperidine rings is 1. The van der Waals surface area contributed by atoms with Gasteiger partial charge in [0.2, 0.25) is 0 Å². The molecular weight excluding hydrogens is 380 g/mol. The van der Waals surface area contributed by atoms with Gasteiger partial charge in [0.25, 0.3) is 0 Å². The van der Waals surface area contributed by atoms with E-state index in [-0.39, 0.29) is 0 Å². The highest BCUT2D eigenvalue weighted by Gasteiger charge is 2.27. The van der Waals surface area contributed by atoms with Gasteiger partial charge in [-0.05, 0) is 86.9 Å². The lowest BCUT2D eigenvalue weighted by molar-refractivity contribution is 0.108. The molecule has 0 bridgehead atoms. The third kappa shape index (κ3) is 7.49. The highest BCUT2D eigenvalue weighted by molar-refractivity contribution is 5.83. The minimum Gasteiger partial charge on any atom is -0.508 e. The van der Waals surface area contributed by atoms with E-state index in [0.29, 0.717) is 5.75 Å². The van der Waals surface area contributed by atoms with E-state index in [4.69, 9.17) is 0 Å². The Morgan fingerprint density at radius 2 is 1.77 bits per heavy atom. The van der Waals surface area contributed by atoms with Crippen LogP contribution in [0.15, 0.2) is 30.5 Å². The number of rotatable bonds is 13. The molecule has 172 valence electrons. The zero-order valence-electron chi connectivity index (χ0n) is 20.0. The molecule has 1 aromatic carbocycles. The maximum atomic E-state index is 9.87. The van der Waals surface area contributed by atoms with Crippen LogP contribution in [-0.2, 0) is 6.42 Å². The Kier molecular flexibility index (Phi) is 10.1. The van der Waals surface area contributed by atoms with Gasteiger partial charge < -0.3 is 10.0 Å². The van der Waals surface area contributed by atoms with Gasteiger partial charge in [-0.25, -0.2) is 0 Å². The van der Waals surface area contributed by atoms with Crippen molar-refractivity contribution < 1.29 is 5.11 Å². The number of aryl methyl sites for hydroxylation is 1. The summed E-state index contributed by atoms with van der Waals surface area (Å²) in [6, 6.07) is 7.64. The molecule has 1 aliphatic rings. The van der Waals surface area contributed by atoms with Crippen LogP contribution in [0.4, 0.5) is 0 Å². The van der Waals surface area contributed by atoms with Crippen molar-refractivity contribution in [2.75, 3.05) is 19.6 Å². The van der Waals surface area contributed by atoms with Crippen molar-refractivity contribution in [3.8, 4) is 5.75 Å². The number of hydrogen-bond donors (Lipinski definition) is 1. The second-order valence-corrected chi connectivity index (χ2v) is 9.70. The summed E-state index contributed by atoms with van der Waals surface area (Å²) in [7, 11) is 0. The molecule has 31 heavy (non-hydrogen) atoms. The fourth-order valence-electron chi connectivity index (χ4n) is 5.46. The summed E-state index contributed by atoms with van der Waals surface area (Å²) in [5.74, 6) is 2.06. The van der Waals surface area contributed by atoms with E-state index in [0.717, 1.165) is 29.2 Å². The van der Waals surface area contributed by atoms with Gasteiger partial charge in [0.05, 0.1) is 5.52 Å². The summed E-state index contributed by atoms with van der Waals surface area (Å²) in [4.78, 5) is 7.19. The number of aromatic nitrogens is 1. The predicted molar refractivity (Wildman–Crippen MR) is 133 cm³/mol. The van der Waals surface area contributed by atoms with E-state index in [1.165, 1.54) is 95.8 Å². The van der Waals surface area contributed by atoms with Gasteiger partial charge in [0.1, 0.15) is 5.75 Å². The number of likely N-dealkylation sites (tertiary alicyclic amines) is 1. The summed E-state index contributed by atoms with van der Waals surface area (Å²) >= 11 is 0. The number of phenols is 1. The molecule has 1 N–H and O–H groups in total. The maximum Gasteiger partial charge on any atom is 0.116 e. The summed E-state index contributed by atoms with van der Waals surface area (Å²) in [5.41, 5.74) is 2.31. The molecule has 1 aliphatic heterocycles. The van der Waals surface area contributed by atoms with Crippen LogP contribution in [0.5, 0.6) is 5.75 Å². The average Bonchev–Trinajstić information content (AvgIpc) is 2.79. The predicted octanol–water partition coefficient (Wildman–Crippen LogP) is 7.36. The second-order valence-electron chi connectivity index (χ2n) is 9.70. The molecule has 3 heteroatoms. The molecule has 1 fully saturated rings. The zero-order chi connectivity index (χ0) is 21.9. The molecule has 0 saturated carbocycles. The first kappa shape index (κ1) is 24.0. The Labute approximate surface area is 190 Å². The van der Waals surface area contributed by atoms with Crippen LogP contribution in [0.25, 0.3) is 10.9 Å². The number of hydrogen-bond acceptors (Lipinski definition) is 3. The van der Waals surface area contributed by atoms with Crippen molar-refractivity contribution in [1.82, 2.24) is 9.88 Å². The SMILES string of the molecule is CCCCCCCCCN1CC[C@@H](CCCc2ccnc3ccc(O)cc23)[C@@H](CC)C1. The number of unbranched alkanes of at least 4 members (excludes halogenated alkanes) is 6. The molecule has 1 aromatic heterocycles. The second kappa shape index (κ2) is 13.1. The molecule has 0 amide bonds. The first-order valence-corrected chi connectivity index (χ1v) is 13.0. The van der Waals surface area contributed by atoms with E-state index in [1.807, 2.05) is 18.3 Å². The van der Waals surface area contributed by atoms with Crippen LogP contribution in [0.2, 0.25) is 0 Å². The van der Waals surface area contributed by atoms with Crippen LogP contribution in [0, 0.1) is 11.8 Å². The van der Waals surface area contributed by atoms with E-state index in [1.54, 1.807) is 6.07 Å². The van der Waals surface area contributed by atoms with Crippen molar-refractivity contribution in [3.63, 3.8) is 0 Å². The van der Waals surface area contributed by atoms with Crippen molar-refractivity contribution in [2.45, 2.75) is 90.9 Å². The van der Waals surface area contributed by atoms with Crippen molar-refractivity contribution in [2.24, 2.45) is 11.8 Å². The number of aromatic hydroxyl groups is 1. The van der Waals surface area contributed by atoms with Gasteiger partial charge in [-0.15, -0.1) is 0 Å². The van der Waals surface area contributed by atoms with Crippen LogP contribution in [0.1, 0.15) is 90.0 Å². The molecule has 2 heterocycles. The molecule has 3 rings (SSSR count). The van der Waals surface area contributed by atoms with Gasteiger partial charge in [-0.3, -0.25) is 4.98 Å². The Morgan fingerprint density at radius 1 is 0.968 bits per heavy atom. The van der Waals surface area contributed by atoms with Crippen LogP contribution >= 0.6 is 0 Å². The number of pyridine rings is 1. The lowest BCUT2D eigenvalue weighted by Crippen LogP contribution is -2.40. The molecular formula is C28H44N2O. The van der Waals surface area contributed by atoms with Crippen LogP contribution < -0.4 is 0 Å². The molecule has 2 atom stereocenters. The van der Waals surface area contributed by atoms with Crippen molar-refractivity contribution in [1.29, 1.82) is 0 Å². The maximum absolute atomic E-state index is 9.87. The van der Waals surface area contributed by atoms with Crippen molar-refractivity contribution in [3.05, 3.63) is 36.0 Å². The van der Waals surface area contributed by atoms with E-state index in [9.17, 15) is 5.11 Å². The third-order valence-electron chi connectivity index (χ3n) is 7.41. The Balaban J connectivity index is 1.39. The first-order valence-electron chi connectivity index (χ1n) is 13.0. The molecule has 1 saturated heterocycles. The van der Waals surface area contributed by atoms with Crippen molar-refractivity contribution >= 4 is 10.9 Å². The van der Waals surface area contributed by atoms with E-state index >= 15 is 0 Å². The minimum atomic E-state index is 0.334.